The minimum absolute atomic E-state index is 0.0340. The molecule has 2 aromatic rings. The summed E-state index contributed by atoms with van der Waals surface area (Å²) in [5.74, 6) is -0.751. The van der Waals surface area contributed by atoms with E-state index in [0.717, 1.165) is 0 Å². The molecule has 0 atom stereocenters. The lowest BCUT2D eigenvalue weighted by molar-refractivity contribution is -0.119. The summed E-state index contributed by atoms with van der Waals surface area (Å²) in [5.41, 5.74) is 1.12. The van der Waals surface area contributed by atoms with E-state index in [1.807, 2.05) is 6.07 Å². The van der Waals surface area contributed by atoms with Crippen LogP contribution >= 0.6 is 0 Å². The number of benzene rings is 2. The van der Waals surface area contributed by atoms with E-state index in [4.69, 9.17) is 19.5 Å². The van der Waals surface area contributed by atoms with Gasteiger partial charge in [0.1, 0.15) is 0 Å². The van der Waals surface area contributed by atoms with Crippen molar-refractivity contribution in [2.75, 3.05) is 18.7 Å². The Hall–Kier alpha value is -3.86. The van der Waals surface area contributed by atoms with Crippen LogP contribution in [-0.4, -0.2) is 31.1 Å². The summed E-state index contributed by atoms with van der Waals surface area (Å²) in [4.78, 5) is 35.9. The van der Waals surface area contributed by atoms with E-state index in [1.54, 1.807) is 0 Å². The van der Waals surface area contributed by atoms with Gasteiger partial charge in [0.2, 0.25) is 6.79 Å². The van der Waals surface area contributed by atoms with Gasteiger partial charge in [-0.05, 0) is 37.3 Å². The van der Waals surface area contributed by atoms with E-state index in [-0.39, 0.29) is 29.4 Å². The highest BCUT2D eigenvalue weighted by atomic mass is 16.7. The van der Waals surface area contributed by atoms with Crippen LogP contribution in [0.2, 0.25) is 0 Å². The summed E-state index contributed by atoms with van der Waals surface area (Å²) in [6.07, 6.45) is 0. The standard InChI is InChI=1S/C19H14N2O6/c1-11(22)14-6-16-17(27-10-26-16)7-15(14)21-18(23)9-25-19(24)13-4-2-12(8-20)3-5-13/h2-7H,9-10H2,1H3,(H,21,23). The molecule has 0 radical (unpaired) electrons. The predicted molar refractivity (Wildman–Crippen MR) is 92.6 cm³/mol. The van der Waals surface area contributed by atoms with Crippen molar-refractivity contribution >= 4 is 23.3 Å². The van der Waals surface area contributed by atoms with Crippen LogP contribution in [0, 0.1) is 11.3 Å². The average molecular weight is 366 g/mol. The SMILES string of the molecule is CC(=O)c1cc2c(cc1NC(=O)COC(=O)c1ccc(C#N)cc1)OCO2. The van der Waals surface area contributed by atoms with E-state index >= 15 is 0 Å². The second-order valence-electron chi connectivity index (χ2n) is 5.62. The van der Waals surface area contributed by atoms with Crippen molar-refractivity contribution in [2.45, 2.75) is 6.92 Å². The van der Waals surface area contributed by atoms with Crippen molar-refractivity contribution in [3.05, 3.63) is 53.1 Å². The first-order chi connectivity index (χ1) is 13.0. The zero-order valence-electron chi connectivity index (χ0n) is 14.3. The highest BCUT2D eigenvalue weighted by molar-refractivity contribution is 6.05. The molecule has 27 heavy (non-hydrogen) atoms. The first-order valence-corrected chi connectivity index (χ1v) is 7.89. The molecule has 136 valence electrons. The quantitative estimate of drug-likeness (QED) is 0.637. The molecule has 0 saturated carbocycles. The number of carbonyl (C=O) groups is 3. The Morgan fingerprint density at radius 1 is 1.15 bits per heavy atom. The van der Waals surface area contributed by atoms with Crippen LogP contribution in [-0.2, 0) is 9.53 Å². The van der Waals surface area contributed by atoms with Crippen LogP contribution in [0.25, 0.3) is 0 Å². The van der Waals surface area contributed by atoms with Crippen LogP contribution in [0.4, 0.5) is 5.69 Å². The summed E-state index contributed by atoms with van der Waals surface area (Å²) in [6, 6.07) is 10.7. The molecule has 3 rings (SSSR count). The number of fused-ring (bicyclic) bond motifs is 1. The monoisotopic (exact) mass is 366 g/mol. The molecule has 0 aromatic heterocycles. The van der Waals surface area contributed by atoms with Crippen molar-refractivity contribution in [1.82, 2.24) is 0 Å². The Balaban J connectivity index is 1.65. The predicted octanol–water partition coefficient (Wildman–Crippen LogP) is 2.29. The molecular formula is C19H14N2O6. The van der Waals surface area contributed by atoms with Gasteiger partial charge in [0, 0.05) is 11.6 Å². The van der Waals surface area contributed by atoms with Crippen LogP contribution < -0.4 is 14.8 Å². The molecule has 1 aliphatic rings. The molecule has 8 heteroatoms. The fraction of sp³-hybridized carbons (Fsp3) is 0.158. The number of amides is 1. The van der Waals surface area contributed by atoms with Gasteiger partial charge in [-0.3, -0.25) is 9.59 Å². The molecule has 0 saturated heterocycles. The fourth-order valence-corrected chi connectivity index (χ4v) is 2.42. The number of nitriles is 1. The van der Waals surface area contributed by atoms with Gasteiger partial charge in [0.25, 0.3) is 5.91 Å². The van der Waals surface area contributed by atoms with E-state index in [2.05, 4.69) is 5.32 Å². The highest BCUT2D eigenvalue weighted by Crippen LogP contribution is 2.37. The third-order valence-electron chi connectivity index (χ3n) is 3.75. The Bertz CT molecular complexity index is 959. The number of carbonyl (C=O) groups excluding carboxylic acids is 3. The van der Waals surface area contributed by atoms with Gasteiger partial charge < -0.3 is 19.5 Å². The van der Waals surface area contributed by atoms with Gasteiger partial charge in [-0.1, -0.05) is 0 Å². The number of nitrogens with zero attached hydrogens (tertiary/aromatic N) is 1. The van der Waals surface area contributed by atoms with Gasteiger partial charge in [-0.15, -0.1) is 0 Å². The molecule has 0 spiro atoms. The summed E-state index contributed by atoms with van der Waals surface area (Å²) in [7, 11) is 0. The topological polar surface area (TPSA) is 115 Å². The number of hydrogen-bond donors (Lipinski definition) is 1. The number of anilines is 1. The molecule has 1 amide bonds. The average Bonchev–Trinajstić information content (AvgIpc) is 3.12. The number of ether oxygens (including phenoxy) is 3. The number of nitrogens with one attached hydrogen (secondary N) is 1. The van der Waals surface area contributed by atoms with Crippen molar-refractivity contribution in [3.63, 3.8) is 0 Å². The fourth-order valence-electron chi connectivity index (χ4n) is 2.42. The number of rotatable bonds is 5. The minimum atomic E-state index is -0.702. The van der Waals surface area contributed by atoms with E-state index in [1.165, 1.54) is 43.3 Å². The molecule has 8 nitrogen and oxygen atoms in total. The van der Waals surface area contributed by atoms with Gasteiger partial charge in [-0.2, -0.15) is 5.26 Å². The van der Waals surface area contributed by atoms with E-state index in [0.29, 0.717) is 17.1 Å². The van der Waals surface area contributed by atoms with Crippen LogP contribution in [0.1, 0.15) is 33.2 Å². The lowest BCUT2D eigenvalue weighted by atomic mass is 10.1. The van der Waals surface area contributed by atoms with Gasteiger partial charge in [0.05, 0.1) is 22.9 Å². The van der Waals surface area contributed by atoms with E-state index in [9.17, 15) is 14.4 Å². The second kappa shape index (κ2) is 7.58. The molecule has 0 unspecified atom stereocenters. The van der Waals surface area contributed by atoms with Crippen LogP contribution in [0.5, 0.6) is 11.5 Å². The Morgan fingerprint density at radius 3 is 2.44 bits per heavy atom. The number of esters is 1. The maximum absolute atomic E-state index is 12.1. The molecule has 1 heterocycles. The number of Topliss-reactive ketones (excluding diaryl/α,β-unsaturated/α-hetero) is 1. The smallest absolute Gasteiger partial charge is 0.338 e. The molecule has 0 aliphatic carbocycles. The van der Waals surface area contributed by atoms with Crippen molar-refractivity contribution in [3.8, 4) is 17.6 Å². The zero-order chi connectivity index (χ0) is 19.4. The van der Waals surface area contributed by atoms with Gasteiger partial charge >= 0.3 is 5.97 Å². The zero-order valence-corrected chi connectivity index (χ0v) is 14.3. The summed E-state index contributed by atoms with van der Waals surface area (Å²) in [5, 5.41) is 11.3. The summed E-state index contributed by atoms with van der Waals surface area (Å²) in [6.45, 7) is 0.856. The van der Waals surface area contributed by atoms with Gasteiger partial charge in [-0.25, -0.2) is 4.79 Å². The Morgan fingerprint density at radius 2 is 1.81 bits per heavy atom. The number of hydrogen-bond acceptors (Lipinski definition) is 7. The Kier molecular flexibility index (Phi) is 5.04. The lowest BCUT2D eigenvalue weighted by Gasteiger charge is -2.11. The van der Waals surface area contributed by atoms with Crippen molar-refractivity contribution in [1.29, 1.82) is 5.26 Å². The third kappa shape index (κ3) is 4.04. The third-order valence-corrected chi connectivity index (χ3v) is 3.75. The molecule has 2 aromatic carbocycles. The summed E-state index contributed by atoms with van der Waals surface area (Å²) < 4.78 is 15.4. The maximum atomic E-state index is 12.1. The molecule has 1 N–H and O–H groups in total. The Labute approximate surface area is 154 Å². The van der Waals surface area contributed by atoms with Gasteiger partial charge in [0.15, 0.2) is 23.9 Å². The summed E-state index contributed by atoms with van der Waals surface area (Å²) >= 11 is 0. The van der Waals surface area contributed by atoms with E-state index < -0.39 is 18.5 Å². The molecular weight excluding hydrogens is 352 g/mol. The van der Waals surface area contributed by atoms with Crippen LogP contribution in [0.15, 0.2) is 36.4 Å². The number of ketones is 1. The molecule has 0 fully saturated rings. The molecule has 1 aliphatic heterocycles. The normalized spacial score (nSPS) is 11.4. The molecule has 0 bridgehead atoms. The first-order valence-electron chi connectivity index (χ1n) is 7.89. The minimum Gasteiger partial charge on any atom is -0.454 e. The lowest BCUT2D eigenvalue weighted by Crippen LogP contribution is -2.22. The van der Waals surface area contributed by atoms with Crippen LogP contribution in [0.3, 0.4) is 0 Å². The largest absolute Gasteiger partial charge is 0.454 e. The second-order valence-corrected chi connectivity index (χ2v) is 5.62. The highest BCUT2D eigenvalue weighted by Gasteiger charge is 2.21. The maximum Gasteiger partial charge on any atom is 0.338 e. The van der Waals surface area contributed by atoms with Crippen molar-refractivity contribution < 1.29 is 28.6 Å². The first kappa shape index (κ1) is 17.9. The van der Waals surface area contributed by atoms with Crippen molar-refractivity contribution in [2.24, 2.45) is 0 Å².